The SMILES string of the molecule is CN(C(=O)CN(CC(=O)Nc1ccc(Oc2ccc(F)c(F)c2)cc1)C(=O)/C(O)=C/C=N)C1Cc2ccccc2C1. The van der Waals surface area contributed by atoms with Gasteiger partial charge in [0.05, 0.1) is 0 Å². The first-order valence-electron chi connectivity index (χ1n) is 12.7. The third kappa shape index (κ3) is 7.33. The fourth-order valence-corrected chi connectivity index (χ4v) is 4.46. The third-order valence-corrected chi connectivity index (χ3v) is 6.64. The lowest BCUT2D eigenvalue weighted by molar-refractivity contribution is -0.141. The van der Waals surface area contributed by atoms with Gasteiger partial charge in [0.15, 0.2) is 17.4 Å². The van der Waals surface area contributed by atoms with Crippen molar-refractivity contribution in [3.05, 3.63) is 101 Å². The van der Waals surface area contributed by atoms with Crippen LogP contribution in [0, 0.1) is 17.0 Å². The summed E-state index contributed by atoms with van der Waals surface area (Å²) in [5, 5.41) is 19.8. The van der Waals surface area contributed by atoms with Crippen LogP contribution in [0.1, 0.15) is 11.1 Å². The summed E-state index contributed by atoms with van der Waals surface area (Å²) in [5.74, 6) is -4.47. The minimum Gasteiger partial charge on any atom is -0.503 e. The Balaban J connectivity index is 1.39. The van der Waals surface area contributed by atoms with E-state index in [1.165, 1.54) is 30.3 Å². The van der Waals surface area contributed by atoms with Gasteiger partial charge < -0.3 is 30.4 Å². The molecule has 0 aromatic heterocycles. The summed E-state index contributed by atoms with van der Waals surface area (Å²) < 4.78 is 32.0. The molecule has 4 rings (SSSR count). The van der Waals surface area contributed by atoms with E-state index in [4.69, 9.17) is 10.1 Å². The number of aliphatic hydroxyl groups excluding tert-OH is 1. The van der Waals surface area contributed by atoms with E-state index in [1.807, 2.05) is 24.3 Å². The van der Waals surface area contributed by atoms with E-state index >= 15 is 0 Å². The van der Waals surface area contributed by atoms with Crippen LogP contribution >= 0.6 is 0 Å². The summed E-state index contributed by atoms with van der Waals surface area (Å²) in [7, 11) is 1.64. The Morgan fingerprint density at radius 1 is 0.976 bits per heavy atom. The van der Waals surface area contributed by atoms with Crippen LogP contribution in [0.3, 0.4) is 0 Å². The number of halogens is 2. The molecule has 0 fully saturated rings. The van der Waals surface area contributed by atoms with Gasteiger partial charge in [-0.25, -0.2) is 8.78 Å². The highest BCUT2D eigenvalue weighted by atomic mass is 19.2. The van der Waals surface area contributed by atoms with Crippen LogP contribution in [-0.2, 0) is 27.2 Å². The molecule has 0 bridgehead atoms. The summed E-state index contributed by atoms with van der Waals surface area (Å²) >= 11 is 0. The molecule has 3 aromatic carbocycles. The third-order valence-electron chi connectivity index (χ3n) is 6.64. The van der Waals surface area contributed by atoms with Crippen LogP contribution < -0.4 is 10.1 Å². The van der Waals surface area contributed by atoms with E-state index in [1.54, 1.807) is 11.9 Å². The molecule has 0 radical (unpaired) electrons. The largest absolute Gasteiger partial charge is 0.503 e. The van der Waals surface area contributed by atoms with Crippen LogP contribution in [-0.4, -0.2) is 65.0 Å². The lowest BCUT2D eigenvalue weighted by Crippen LogP contribution is -2.48. The lowest BCUT2D eigenvalue weighted by atomic mass is 10.1. The number of benzene rings is 3. The first-order valence-corrected chi connectivity index (χ1v) is 12.7. The Morgan fingerprint density at radius 2 is 1.61 bits per heavy atom. The zero-order valence-corrected chi connectivity index (χ0v) is 22.1. The number of ether oxygens (including phenoxy) is 1. The molecule has 0 saturated carbocycles. The fraction of sp³-hybridized carbons (Fsp3) is 0.200. The molecule has 0 unspecified atom stereocenters. The topological polar surface area (TPSA) is 123 Å². The number of hydrogen-bond donors (Lipinski definition) is 3. The standard InChI is InChI=1S/C30H28F2N4O5/c1-35(22-14-19-4-2-3-5-20(19)15-22)29(39)18-36(30(40)27(37)12-13-33)17-28(38)34-21-6-8-23(9-7-21)41-24-10-11-25(31)26(32)16-24/h2-13,16,22,33,37H,14-15,17-18H2,1H3,(H,34,38)/b27-12-,33-13?. The van der Waals surface area contributed by atoms with Crippen molar-refractivity contribution in [1.29, 1.82) is 5.41 Å². The van der Waals surface area contributed by atoms with Gasteiger partial charge >= 0.3 is 0 Å². The molecule has 0 heterocycles. The van der Waals surface area contributed by atoms with Gasteiger partial charge in [-0.05, 0) is 60.4 Å². The molecule has 41 heavy (non-hydrogen) atoms. The van der Waals surface area contributed by atoms with Crippen molar-refractivity contribution in [2.45, 2.75) is 18.9 Å². The maximum atomic E-state index is 13.4. The molecule has 0 saturated heterocycles. The number of carbonyl (C=O) groups excluding carboxylic acids is 3. The average Bonchev–Trinajstić information content (AvgIpc) is 3.39. The summed E-state index contributed by atoms with van der Waals surface area (Å²) in [5.41, 5.74) is 2.64. The second kappa shape index (κ2) is 12.9. The van der Waals surface area contributed by atoms with Crippen molar-refractivity contribution in [3.63, 3.8) is 0 Å². The zero-order valence-electron chi connectivity index (χ0n) is 22.1. The number of hydrogen-bond acceptors (Lipinski definition) is 6. The highest BCUT2D eigenvalue weighted by Gasteiger charge is 2.30. The highest BCUT2D eigenvalue weighted by molar-refractivity contribution is 6.01. The number of anilines is 1. The predicted molar refractivity (Wildman–Crippen MR) is 148 cm³/mol. The predicted octanol–water partition coefficient (Wildman–Crippen LogP) is 4.24. The normalized spacial score (nSPS) is 12.8. The Hall–Kier alpha value is -5.06. The van der Waals surface area contributed by atoms with E-state index < -0.39 is 48.2 Å². The van der Waals surface area contributed by atoms with Crippen molar-refractivity contribution < 1.29 is 33.0 Å². The quantitative estimate of drug-likeness (QED) is 0.194. The molecule has 1 aliphatic carbocycles. The number of allylic oxidation sites excluding steroid dienone is 1. The second-order valence-corrected chi connectivity index (χ2v) is 9.47. The van der Waals surface area contributed by atoms with E-state index in [0.717, 1.165) is 40.5 Å². The van der Waals surface area contributed by atoms with Gasteiger partial charge in [0.1, 0.15) is 24.6 Å². The van der Waals surface area contributed by atoms with Gasteiger partial charge in [-0.3, -0.25) is 14.4 Å². The number of fused-ring (bicyclic) bond motifs is 1. The van der Waals surface area contributed by atoms with E-state index in [-0.39, 0.29) is 11.8 Å². The van der Waals surface area contributed by atoms with Crippen LogP contribution in [0.2, 0.25) is 0 Å². The zero-order chi connectivity index (χ0) is 29.5. The van der Waals surface area contributed by atoms with Crippen molar-refractivity contribution >= 4 is 29.6 Å². The molecule has 0 spiro atoms. The van der Waals surface area contributed by atoms with Gasteiger partial charge in [-0.2, -0.15) is 0 Å². The molecule has 3 amide bonds. The van der Waals surface area contributed by atoms with Crippen molar-refractivity contribution in [2.75, 3.05) is 25.5 Å². The van der Waals surface area contributed by atoms with Crippen molar-refractivity contribution in [3.8, 4) is 11.5 Å². The minimum absolute atomic E-state index is 0.0868. The second-order valence-electron chi connectivity index (χ2n) is 9.47. The van der Waals surface area contributed by atoms with Gasteiger partial charge in [-0.1, -0.05) is 24.3 Å². The molecular weight excluding hydrogens is 534 g/mol. The highest BCUT2D eigenvalue weighted by Crippen LogP contribution is 2.26. The molecule has 212 valence electrons. The smallest absolute Gasteiger partial charge is 0.289 e. The van der Waals surface area contributed by atoms with Crippen molar-refractivity contribution in [1.82, 2.24) is 9.80 Å². The molecule has 3 aromatic rings. The Morgan fingerprint density at radius 3 is 2.22 bits per heavy atom. The molecule has 11 heteroatoms. The van der Waals surface area contributed by atoms with Crippen LogP contribution in [0.15, 0.2) is 78.6 Å². The number of likely N-dealkylation sites (N-methyl/N-ethyl adjacent to an activating group) is 1. The number of aliphatic hydroxyl groups is 1. The van der Waals surface area contributed by atoms with Gasteiger partial charge in [0.2, 0.25) is 11.8 Å². The summed E-state index contributed by atoms with van der Waals surface area (Å²) in [4.78, 5) is 41.2. The maximum Gasteiger partial charge on any atom is 0.289 e. The van der Waals surface area contributed by atoms with E-state index in [0.29, 0.717) is 24.3 Å². The van der Waals surface area contributed by atoms with E-state index in [2.05, 4.69) is 5.32 Å². The molecule has 1 aliphatic rings. The molecular formula is C30H28F2N4O5. The minimum atomic E-state index is -1.05. The van der Waals surface area contributed by atoms with Crippen LogP contribution in [0.25, 0.3) is 0 Å². The first kappa shape index (κ1) is 28.9. The molecule has 0 aliphatic heterocycles. The van der Waals surface area contributed by atoms with Gasteiger partial charge in [0.25, 0.3) is 5.91 Å². The average molecular weight is 563 g/mol. The number of rotatable bonds is 10. The fourth-order valence-electron chi connectivity index (χ4n) is 4.46. The van der Waals surface area contributed by atoms with Gasteiger partial charge in [0, 0.05) is 37.1 Å². The molecule has 9 nitrogen and oxygen atoms in total. The summed E-state index contributed by atoms with van der Waals surface area (Å²) in [6.07, 6.45) is 2.92. The molecule has 3 N–H and O–H groups in total. The number of nitrogens with zero attached hydrogens (tertiary/aromatic N) is 2. The Kier molecular flexibility index (Phi) is 9.08. The molecule has 0 atom stereocenters. The maximum absolute atomic E-state index is 13.4. The lowest BCUT2D eigenvalue weighted by Gasteiger charge is -2.28. The number of carbonyl (C=O) groups is 3. The Labute approximate surface area is 235 Å². The number of amides is 3. The monoisotopic (exact) mass is 562 g/mol. The van der Waals surface area contributed by atoms with Crippen LogP contribution in [0.4, 0.5) is 14.5 Å². The van der Waals surface area contributed by atoms with Gasteiger partial charge in [-0.15, -0.1) is 0 Å². The summed E-state index contributed by atoms with van der Waals surface area (Å²) in [6, 6.07) is 16.9. The first-order chi connectivity index (χ1) is 19.6. The number of nitrogens with one attached hydrogen (secondary N) is 2. The Bertz CT molecular complexity index is 1470. The van der Waals surface area contributed by atoms with Crippen LogP contribution in [0.5, 0.6) is 11.5 Å². The van der Waals surface area contributed by atoms with E-state index in [9.17, 15) is 28.3 Å². The summed E-state index contributed by atoms with van der Waals surface area (Å²) in [6.45, 7) is -1.02. The van der Waals surface area contributed by atoms with Crippen molar-refractivity contribution in [2.24, 2.45) is 0 Å².